The summed E-state index contributed by atoms with van der Waals surface area (Å²) < 4.78 is 22.4. The lowest BCUT2D eigenvalue weighted by Crippen LogP contribution is -2.44. The molecule has 2 saturated carbocycles. The summed E-state index contributed by atoms with van der Waals surface area (Å²) in [5.74, 6) is 5.63. The first-order valence-corrected chi connectivity index (χ1v) is 9.72. The van der Waals surface area contributed by atoms with E-state index in [2.05, 4.69) is 0 Å². The number of hydrogen-bond donors (Lipinski definition) is 2. The topological polar surface area (TPSA) is 108 Å². The van der Waals surface area contributed by atoms with Gasteiger partial charge in [0, 0.05) is 18.6 Å². The van der Waals surface area contributed by atoms with Crippen LogP contribution in [0.2, 0.25) is 0 Å². The van der Waals surface area contributed by atoms with Gasteiger partial charge in [0.25, 0.3) is 5.56 Å². The van der Waals surface area contributed by atoms with Crippen LogP contribution in [0.5, 0.6) is 5.75 Å². The molecule has 3 fully saturated rings. The lowest BCUT2D eigenvalue weighted by Gasteiger charge is -2.25. The van der Waals surface area contributed by atoms with E-state index in [4.69, 9.17) is 16.3 Å². The van der Waals surface area contributed by atoms with E-state index < -0.39 is 17.1 Å². The highest BCUT2D eigenvalue weighted by molar-refractivity contribution is 5.78. The summed E-state index contributed by atoms with van der Waals surface area (Å²) >= 11 is 0. The molecule has 8 nitrogen and oxygen atoms in total. The Bertz CT molecular complexity index is 1100. The SMILES string of the molecule is COc1c(N2CCC(C3(N)CC3)C2)c(F)cn2c(=O)n(N)c(=O)c(C3CC3)c12. The summed E-state index contributed by atoms with van der Waals surface area (Å²) in [6.45, 7) is 1.29. The van der Waals surface area contributed by atoms with E-state index >= 15 is 4.39 Å². The third-order valence-electron chi connectivity index (χ3n) is 6.59. The van der Waals surface area contributed by atoms with Crippen molar-refractivity contribution in [3.05, 3.63) is 38.4 Å². The largest absolute Gasteiger partial charge is 0.492 e. The van der Waals surface area contributed by atoms with Crippen LogP contribution in [0, 0.1) is 11.7 Å². The molecule has 9 heteroatoms. The number of hydrogen-bond acceptors (Lipinski definition) is 6. The minimum absolute atomic E-state index is 0.00946. The summed E-state index contributed by atoms with van der Waals surface area (Å²) in [7, 11) is 1.44. The molecule has 0 spiro atoms. The smallest absolute Gasteiger partial charge is 0.354 e. The second-order valence-electron chi connectivity index (χ2n) is 8.39. The Morgan fingerprint density at radius 2 is 1.96 bits per heavy atom. The number of nitrogens with zero attached hydrogens (tertiary/aromatic N) is 3. The normalized spacial score (nSPS) is 23.4. The van der Waals surface area contributed by atoms with Crippen molar-refractivity contribution in [2.75, 3.05) is 30.9 Å². The number of fused-ring (bicyclic) bond motifs is 1. The average molecular weight is 389 g/mol. The molecule has 0 bridgehead atoms. The molecular weight excluding hydrogens is 365 g/mol. The highest BCUT2D eigenvalue weighted by atomic mass is 19.1. The monoisotopic (exact) mass is 389 g/mol. The number of methoxy groups -OCH3 is 1. The second kappa shape index (κ2) is 5.73. The minimum atomic E-state index is -0.786. The van der Waals surface area contributed by atoms with Crippen LogP contribution in [0.1, 0.15) is 43.6 Å². The van der Waals surface area contributed by atoms with E-state index in [-0.39, 0.29) is 17.2 Å². The second-order valence-corrected chi connectivity index (χ2v) is 8.39. The van der Waals surface area contributed by atoms with Gasteiger partial charge in [-0.25, -0.2) is 9.18 Å². The molecule has 1 saturated heterocycles. The molecule has 2 aromatic heterocycles. The molecule has 5 rings (SSSR count). The van der Waals surface area contributed by atoms with Gasteiger partial charge in [0.05, 0.1) is 18.9 Å². The number of pyridine rings is 1. The molecular formula is C19H24FN5O3. The molecule has 3 aliphatic rings. The van der Waals surface area contributed by atoms with E-state index in [1.54, 1.807) is 0 Å². The lowest BCUT2D eigenvalue weighted by molar-refractivity contribution is 0.411. The van der Waals surface area contributed by atoms with Crippen molar-refractivity contribution >= 4 is 11.2 Å². The summed E-state index contributed by atoms with van der Waals surface area (Å²) in [6.07, 6.45) is 5.67. The Morgan fingerprint density at radius 1 is 1.25 bits per heavy atom. The van der Waals surface area contributed by atoms with Crippen LogP contribution in [0.25, 0.3) is 5.52 Å². The Labute approximate surface area is 160 Å². The molecule has 2 aliphatic carbocycles. The highest BCUT2D eigenvalue weighted by Crippen LogP contribution is 2.48. The van der Waals surface area contributed by atoms with Crippen LogP contribution < -0.4 is 32.5 Å². The van der Waals surface area contributed by atoms with Gasteiger partial charge in [-0.05, 0) is 43.9 Å². The van der Waals surface area contributed by atoms with E-state index in [9.17, 15) is 9.59 Å². The minimum Gasteiger partial charge on any atom is -0.492 e. The Balaban J connectivity index is 1.74. The Hall–Kier alpha value is -2.55. The molecule has 1 aliphatic heterocycles. The van der Waals surface area contributed by atoms with Crippen LogP contribution in [-0.2, 0) is 0 Å². The fourth-order valence-corrected chi connectivity index (χ4v) is 4.62. The zero-order valence-corrected chi connectivity index (χ0v) is 15.8. The number of anilines is 1. The first kappa shape index (κ1) is 17.5. The van der Waals surface area contributed by atoms with Gasteiger partial charge >= 0.3 is 5.69 Å². The summed E-state index contributed by atoms with van der Waals surface area (Å²) in [5.41, 5.74) is 5.95. The van der Waals surface area contributed by atoms with Crippen LogP contribution in [0.3, 0.4) is 0 Å². The average Bonchev–Trinajstić information content (AvgIpc) is 3.60. The Morgan fingerprint density at radius 3 is 2.57 bits per heavy atom. The molecule has 3 heterocycles. The first-order valence-electron chi connectivity index (χ1n) is 9.72. The third kappa shape index (κ3) is 2.38. The summed E-state index contributed by atoms with van der Waals surface area (Å²) in [6, 6.07) is 0. The summed E-state index contributed by atoms with van der Waals surface area (Å²) in [5, 5.41) is 0. The molecule has 0 amide bonds. The third-order valence-corrected chi connectivity index (χ3v) is 6.59. The van der Waals surface area contributed by atoms with Crippen molar-refractivity contribution in [3.63, 3.8) is 0 Å². The zero-order valence-electron chi connectivity index (χ0n) is 15.8. The number of nitrogen functional groups attached to an aromatic ring is 1. The maximum Gasteiger partial charge on any atom is 0.354 e. The number of nitrogens with two attached hydrogens (primary N) is 2. The lowest BCUT2D eigenvalue weighted by atomic mass is 9.97. The van der Waals surface area contributed by atoms with Gasteiger partial charge in [-0.2, -0.15) is 4.68 Å². The molecule has 1 unspecified atom stereocenters. The van der Waals surface area contributed by atoms with Crippen molar-refractivity contribution in [2.24, 2.45) is 11.7 Å². The molecule has 0 radical (unpaired) electrons. The van der Waals surface area contributed by atoms with Gasteiger partial charge in [0.15, 0.2) is 11.6 Å². The van der Waals surface area contributed by atoms with E-state index in [1.165, 1.54) is 7.11 Å². The number of halogens is 1. The van der Waals surface area contributed by atoms with E-state index in [0.717, 1.165) is 42.7 Å². The van der Waals surface area contributed by atoms with Gasteiger partial charge in [0.1, 0.15) is 11.2 Å². The fraction of sp³-hybridized carbons (Fsp3) is 0.579. The van der Waals surface area contributed by atoms with Gasteiger partial charge in [-0.15, -0.1) is 0 Å². The van der Waals surface area contributed by atoms with Crippen molar-refractivity contribution in [1.29, 1.82) is 0 Å². The molecule has 2 aromatic rings. The van der Waals surface area contributed by atoms with Crippen LogP contribution in [0.15, 0.2) is 15.8 Å². The van der Waals surface area contributed by atoms with Crippen LogP contribution in [-0.4, -0.2) is 34.8 Å². The molecule has 0 aromatic carbocycles. The van der Waals surface area contributed by atoms with E-state index in [0.29, 0.717) is 40.5 Å². The molecule has 28 heavy (non-hydrogen) atoms. The van der Waals surface area contributed by atoms with Gasteiger partial charge in [-0.1, -0.05) is 0 Å². The standard InChI is InChI=1S/C19H24FN5O3/c1-28-16-14(23-7-4-11(8-23)19(21)5-6-19)12(20)9-24-15(16)13(10-2-3-10)17(26)25(22)18(24)27/h9-11H,2-8,21-22H2,1H3. The predicted octanol–water partition coefficient (Wildman–Crippen LogP) is 0.518. The van der Waals surface area contributed by atoms with Crippen LogP contribution >= 0.6 is 0 Å². The molecule has 1 atom stereocenters. The van der Waals surface area contributed by atoms with Crippen molar-refractivity contribution < 1.29 is 9.13 Å². The number of aromatic nitrogens is 2. The summed E-state index contributed by atoms with van der Waals surface area (Å²) in [4.78, 5) is 27.2. The van der Waals surface area contributed by atoms with Crippen molar-refractivity contribution in [2.45, 2.75) is 43.6 Å². The maximum atomic E-state index is 15.2. The maximum absolute atomic E-state index is 15.2. The molecule has 150 valence electrons. The van der Waals surface area contributed by atoms with Crippen molar-refractivity contribution in [1.82, 2.24) is 9.08 Å². The Kier molecular flexibility index (Phi) is 3.59. The van der Waals surface area contributed by atoms with E-state index in [1.807, 2.05) is 4.90 Å². The highest BCUT2D eigenvalue weighted by Gasteiger charge is 2.48. The number of ether oxygens (including phenoxy) is 1. The number of rotatable bonds is 4. The zero-order chi connectivity index (χ0) is 19.8. The molecule has 4 N–H and O–H groups in total. The van der Waals surface area contributed by atoms with Gasteiger partial charge < -0.3 is 21.2 Å². The predicted molar refractivity (Wildman–Crippen MR) is 103 cm³/mol. The van der Waals surface area contributed by atoms with Crippen molar-refractivity contribution in [3.8, 4) is 5.75 Å². The van der Waals surface area contributed by atoms with Gasteiger partial charge in [-0.3, -0.25) is 9.20 Å². The van der Waals surface area contributed by atoms with Crippen LogP contribution in [0.4, 0.5) is 10.1 Å². The first-order chi connectivity index (χ1) is 13.4. The van der Waals surface area contributed by atoms with Gasteiger partial charge in [0.2, 0.25) is 0 Å². The fourth-order valence-electron chi connectivity index (χ4n) is 4.62. The quantitative estimate of drug-likeness (QED) is 0.738.